The highest BCUT2D eigenvalue weighted by Crippen LogP contribution is 2.22. The number of aliphatic hydroxyl groups is 1. The minimum atomic E-state index is -0.922. The van der Waals surface area contributed by atoms with Crippen LogP contribution in [0.2, 0.25) is 0 Å². The second-order valence-corrected chi connectivity index (χ2v) is 8.34. The smallest absolute Gasteiger partial charge is 0.335 e. The lowest BCUT2D eigenvalue weighted by atomic mass is 9.92. The number of hydrogen-bond acceptors (Lipinski definition) is 4. The molecule has 0 saturated carbocycles. The summed E-state index contributed by atoms with van der Waals surface area (Å²) >= 11 is 0. The van der Waals surface area contributed by atoms with E-state index in [1.807, 2.05) is 17.1 Å². The van der Waals surface area contributed by atoms with Crippen molar-refractivity contribution in [2.24, 2.45) is 5.92 Å². The summed E-state index contributed by atoms with van der Waals surface area (Å²) in [6.07, 6.45) is 10.5. The quantitative estimate of drug-likeness (QED) is 0.419. The summed E-state index contributed by atoms with van der Waals surface area (Å²) < 4.78 is 0. The third kappa shape index (κ3) is 8.07. The average molecular weight is 419 g/mol. The molecule has 1 heterocycles. The molecule has 1 amide bonds. The number of hydrazine groups is 1. The first-order valence-electron chi connectivity index (χ1n) is 11.5. The van der Waals surface area contributed by atoms with Crippen LogP contribution in [0.5, 0.6) is 0 Å². The van der Waals surface area contributed by atoms with Crippen LogP contribution in [0.4, 0.5) is 0 Å². The molecule has 1 aromatic carbocycles. The van der Waals surface area contributed by atoms with Crippen molar-refractivity contribution in [3.8, 4) is 0 Å². The van der Waals surface area contributed by atoms with Crippen molar-refractivity contribution in [3.05, 3.63) is 35.4 Å². The fourth-order valence-corrected chi connectivity index (χ4v) is 4.24. The zero-order valence-corrected chi connectivity index (χ0v) is 18.4. The molecule has 2 rings (SSSR count). The van der Waals surface area contributed by atoms with E-state index in [9.17, 15) is 9.59 Å². The van der Waals surface area contributed by atoms with Crippen LogP contribution in [0.3, 0.4) is 0 Å². The van der Waals surface area contributed by atoms with Crippen molar-refractivity contribution in [3.63, 3.8) is 0 Å². The van der Waals surface area contributed by atoms with E-state index in [0.717, 1.165) is 50.8 Å². The highest BCUT2D eigenvalue weighted by atomic mass is 16.4. The third-order valence-electron chi connectivity index (χ3n) is 6.04. The van der Waals surface area contributed by atoms with E-state index in [1.54, 1.807) is 12.1 Å². The minimum Gasteiger partial charge on any atom is -0.478 e. The van der Waals surface area contributed by atoms with Crippen LogP contribution in [0.15, 0.2) is 24.3 Å². The van der Waals surface area contributed by atoms with E-state index >= 15 is 0 Å². The summed E-state index contributed by atoms with van der Waals surface area (Å²) in [6.45, 7) is 4.81. The SMILES string of the molecule is CCCCCC(CCCO)CCCN1CCC(=O)N1CCc1ccc(C(=O)O)cc1. The minimum absolute atomic E-state index is 0.178. The maximum absolute atomic E-state index is 12.3. The number of benzene rings is 1. The summed E-state index contributed by atoms with van der Waals surface area (Å²) in [4.78, 5) is 23.3. The molecule has 1 aliphatic heterocycles. The molecule has 1 fully saturated rings. The molecule has 1 saturated heterocycles. The van der Waals surface area contributed by atoms with E-state index in [2.05, 4.69) is 11.9 Å². The first kappa shape index (κ1) is 24.4. The van der Waals surface area contributed by atoms with Gasteiger partial charge in [-0.1, -0.05) is 44.7 Å². The van der Waals surface area contributed by atoms with E-state index in [0.29, 0.717) is 18.9 Å². The Morgan fingerprint density at radius 3 is 2.40 bits per heavy atom. The Morgan fingerprint density at radius 1 is 1.03 bits per heavy atom. The number of carboxylic acids is 1. The number of carboxylic acid groups (broad SMARTS) is 1. The summed E-state index contributed by atoms with van der Waals surface area (Å²) in [5.41, 5.74) is 1.33. The van der Waals surface area contributed by atoms with Gasteiger partial charge in [0.1, 0.15) is 0 Å². The maximum atomic E-state index is 12.3. The molecule has 6 heteroatoms. The molecule has 1 unspecified atom stereocenters. The van der Waals surface area contributed by atoms with Gasteiger partial charge in [-0.2, -0.15) is 0 Å². The molecule has 2 N–H and O–H groups in total. The van der Waals surface area contributed by atoms with Gasteiger partial charge in [-0.05, 0) is 55.7 Å². The second kappa shape index (κ2) is 13.4. The summed E-state index contributed by atoms with van der Waals surface area (Å²) in [5.74, 6) is -0.0745. The van der Waals surface area contributed by atoms with Crippen molar-refractivity contribution in [1.82, 2.24) is 10.0 Å². The van der Waals surface area contributed by atoms with Gasteiger partial charge in [0, 0.05) is 32.7 Å². The lowest BCUT2D eigenvalue weighted by Gasteiger charge is -2.28. The van der Waals surface area contributed by atoms with Crippen molar-refractivity contribution in [2.75, 3.05) is 26.2 Å². The molecule has 0 aliphatic carbocycles. The van der Waals surface area contributed by atoms with Crippen LogP contribution in [0, 0.1) is 5.92 Å². The van der Waals surface area contributed by atoms with Gasteiger partial charge >= 0.3 is 5.97 Å². The summed E-state index contributed by atoms with van der Waals surface area (Å²) in [6, 6.07) is 6.89. The number of rotatable bonds is 15. The zero-order valence-electron chi connectivity index (χ0n) is 18.4. The molecular formula is C24H38N2O4. The van der Waals surface area contributed by atoms with Gasteiger partial charge in [-0.3, -0.25) is 9.80 Å². The predicted octanol–water partition coefficient (Wildman–Crippen LogP) is 4.13. The Morgan fingerprint density at radius 2 is 1.73 bits per heavy atom. The van der Waals surface area contributed by atoms with Gasteiger partial charge in [0.15, 0.2) is 0 Å². The highest BCUT2D eigenvalue weighted by Gasteiger charge is 2.28. The maximum Gasteiger partial charge on any atom is 0.335 e. The molecule has 0 spiro atoms. The monoisotopic (exact) mass is 418 g/mol. The molecule has 1 aliphatic rings. The van der Waals surface area contributed by atoms with Crippen molar-refractivity contribution in [1.29, 1.82) is 0 Å². The van der Waals surface area contributed by atoms with Crippen LogP contribution < -0.4 is 0 Å². The molecule has 1 aromatic rings. The molecule has 30 heavy (non-hydrogen) atoms. The van der Waals surface area contributed by atoms with Crippen LogP contribution in [0.1, 0.15) is 80.6 Å². The van der Waals surface area contributed by atoms with Crippen molar-refractivity contribution < 1.29 is 19.8 Å². The largest absolute Gasteiger partial charge is 0.478 e. The normalized spacial score (nSPS) is 15.7. The van der Waals surface area contributed by atoms with E-state index < -0.39 is 5.97 Å². The first-order chi connectivity index (χ1) is 14.5. The van der Waals surface area contributed by atoms with E-state index in [-0.39, 0.29) is 18.1 Å². The molecule has 1 atom stereocenters. The van der Waals surface area contributed by atoms with Crippen LogP contribution in [0.25, 0.3) is 0 Å². The van der Waals surface area contributed by atoms with Crippen LogP contribution >= 0.6 is 0 Å². The standard InChI is InChI=1S/C24H38N2O4/c1-2-3-4-7-20(9-6-19-27)8-5-16-25-17-15-23(28)26(25)18-14-21-10-12-22(13-11-21)24(29)30/h10-13,20,27H,2-9,14-19H2,1H3,(H,29,30). The molecule has 0 bridgehead atoms. The predicted molar refractivity (Wildman–Crippen MR) is 118 cm³/mol. The number of aromatic carboxylic acids is 1. The fourth-order valence-electron chi connectivity index (χ4n) is 4.24. The number of aliphatic hydroxyl groups excluding tert-OH is 1. The van der Waals surface area contributed by atoms with E-state index in [4.69, 9.17) is 10.2 Å². The number of nitrogens with zero attached hydrogens (tertiary/aromatic N) is 2. The Hall–Kier alpha value is -1.92. The topological polar surface area (TPSA) is 81.1 Å². The lowest BCUT2D eigenvalue weighted by molar-refractivity contribution is -0.138. The number of unbranched alkanes of at least 4 members (excludes halogenated alkanes) is 2. The summed E-state index contributed by atoms with van der Waals surface area (Å²) in [7, 11) is 0. The fraction of sp³-hybridized carbons (Fsp3) is 0.667. The Kier molecular flexibility index (Phi) is 10.9. The van der Waals surface area contributed by atoms with Gasteiger partial charge in [0.05, 0.1) is 5.56 Å². The molecule has 0 aromatic heterocycles. The molecule has 0 radical (unpaired) electrons. The zero-order chi connectivity index (χ0) is 21.8. The van der Waals surface area contributed by atoms with Crippen LogP contribution in [-0.4, -0.2) is 58.3 Å². The van der Waals surface area contributed by atoms with Crippen molar-refractivity contribution in [2.45, 2.75) is 71.1 Å². The third-order valence-corrected chi connectivity index (χ3v) is 6.04. The Bertz CT molecular complexity index is 647. The first-order valence-corrected chi connectivity index (χ1v) is 11.5. The van der Waals surface area contributed by atoms with Crippen molar-refractivity contribution >= 4 is 11.9 Å². The van der Waals surface area contributed by atoms with Gasteiger partial charge in [-0.15, -0.1) is 0 Å². The Labute approximate surface area is 180 Å². The van der Waals surface area contributed by atoms with Gasteiger partial charge in [-0.25, -0.2) is 9.80 Å². The van der Waals surface area contributed by atoms with Gasteiger partial charge in [0.25, 0.3) is 0 Å². The van der Waals surface area contributed by atoms with Gasteiger partial charge in [0.2, 0.25) is 5.91 Å². The Balaban J connectivity index is 1.79. The molecular weight excluding hydrogens is 380 g/mol. The number of carbonyl (C=O) groups is 2. The number of carbonyl (C=O) groups excluding carboxylic acids is 1. The molecule has 168 valence electrons. The average Bonchev–Trinajstić information content (AvgIpc) is 3.09. The number of amides is 1. The highest BCUT2D eigenvalue weighted by molar-refractivity contribution is 5.87. The second-order valence-electron chi connectivity index (χ2n) is 8.34. The van der Waals surface area contributed by atoms with Gasteiger partial charge < -0.3 is 10.2 Å². The summed E-state index contributed by atoms with van der Waals surface area (Å²) in [5, 5.41) is 22.2. The van der Waals surface area contributed by atoms with E-state index in [1.165, 1.54) is 25.7 Å². The lowest BCUT2D eigenvalue weighted by Crippen LogP contribution is -2.41. The molecule has 6 nitrogen and oxygen atoms in total. The number of hydrogen-bond donors (Lipinski definition) is 2. The van der Waals surface area contributed by atoms with Crippen LogP contribution in [-0.2, 0) is 11.2 Å².